The predicted octanol–water partition coefficient (Wildman–Crippen LogP) is 0.128. The Morgan fingerprint density at radius 1 is 1.50 bits per heavy atom. The zero-order valence-corrected chi connectivity index (χ0v) is 9.22. The van der Waals surface area contributed by atoms with Crippen molar-refractivity contribution in [3.63, 3.8) is 0 Å². The van der Waals surface area contributed by atoms with Crippen molar-refractivity contribution in [2.75, 3.05) is 7.11 Å². The second-order valence-corrected chi connectivity index (χ2v) is 3.50. The Bertz CT molecular complexity index is 624. The van der Waals surface area contributed by atoms with E-state index < -0.39 is 5.97 Å². The number of nitrogens with zero attached hydrogens (tertiary/aromatic N) is 3. The zero-order valence-electron chi connectivity index (χ0n) is 9.22. The maximum atomic E-state index is 11.9. The third-order valence-corrected chi connectivity index (χ3v) is 2.39. The Hall–Kier alpha value is -2.11. The average Bonchev–Trinajstić information content (AvgIpc) is 2.70. The van der Waals surface area contributed by atoms with E-state index in [1.165, 1.54) is 22.3 Å². The van der Waals surface area contributed by atoms with Gasteiger partial charge in [-0.2, -0.15) is 0 Å². The number of fused-ring (bicyclic) bond motifs is 1. The van der Waals surface area contributed by atoms with Crippen LogP contribution in [-0.2, 0) is 11.8 Å². The van der Waals surface area contributed by atoms with Crippen molar-refractivity contribution in [3.05, 3.63) is 34.1 Å². The van der Waals surface area contributed by atoms with Crippen LogP contribution in [0.1, 0.15) is 16.1 Å². The smallest absolute Gasteiger partial charge is 0.356 e. The highest BCUT2D eigenvalue weighted by atomic mass is 16.5. The predicted molar refractivity (Wildman–Crippen MR) is 56.5 cm³/mol. The Balaban J connectivity index is 2.90. The van der Waals surface area contributed by atoms with E-state index in [1.54, 1.807) is 13.2 Å². The van der Waals surface area contributed by atoms with E-state index >= 15 is 0 Å². The number of carbonyl (C=O) groups is 1. The molecule has 6 heteroatoms. The molecule has 0 radical (unpaired) electrons. The number of carbonyl (C=O) groups excluding carboxylic acids is 1. The van der Waals surface area contributed by atoms with Crippen LogP contribution in [0.4, 0.5) is 0 Å². The van der Waals surface area contributed by atoms with Gasteiger partial charge in [-0.3, -0.25) is 0 Å². The summed E-state index contributed by atoms with van der Waals surface area (Å²) in [7, 11) is 2.89. The molecule has 84 valence electrons. The molecule has 0 atom stereocenters. The van der Waals surface area contributed by atoms with Crippen LogP contribution in [0.15, 0.2) is 17.2 Å². The van der Waals surface area contributed by atoms with E-state index in [9.17, 15) is 9.59 Å². The Morgan fingerprint density at radius 3 is 2.81 bits per heavy atom. The second kappa shape index (κ2) is 3.48. The minimum atomic E-state index is -0.574. The number of ether oxygens (including phenoxy) is 1. The lowest BCUT2D eigenvalue weighted by atomic mass is 10.3. The number of imidazole rings is 1. The number of aromatic nitrogens is 3. The molecule has 2 heterocycles. The number of methoxy groups -OCH3 is 1. The maximum Gasteiger partial charge on any atom is 0.356 e. The van der Waals surface area contributed by atoms with E-state index in [4.69, 9.17) is 0 Å². The van der Waals surface area contributed by atoms with Gasteiger partial charge < -0.3 is 9.30 Å². The van der Waals surface area contributed by atoms with E-state index in [1.807, 2.05) is 6.92 Å². The lowest BCUT2D eigenvalue weighted by Gasteiger charge is -2.04. The van der Waals surface area contributed by atoms with Crippen LogP contribution >= 0.6 is 0 Å². The van der Waals surface area contributed by atoms with Gasteiger partial charge in [0.2, 0.25) is 0 Å². The lowest BCUT2D eigenvalue weighted by molar-refractivity contribution is 0.0592. The summed E-state index contributed by atoms with van der Waals surface area (Å²) >= 11 is 0. The summed E-state index contributed by atoms with van der Waals surface area (Å²) in [5.74, 6) is -0.574. The molecular weight excluding hydrogens is 210 g/mol. The van der Waals surface area contributed by atoms with E-state index in [-0.39, 0.29) is 11.4 Å². The van der Waals surface area contributed by atoms with Gasteiger partial charge in [-0.05, 0) is 6.92 Å². The molecular formula is C10H11N3O3. The highest BCUT2D eigenvalue weighted by Crippen LogP contribution is 2.08. The first-order valence-electron chi connectivity index (χ1n) is 4.68. The van der Waals surface area contributed by atoms with Gasteiger partial charge in [-0.1, -0.05) is 0 Å². The fourth-order valence-electron chi connectivity index (χ4n) is 1.63. The number of esters is 1. The molecule has 2 rings (SSSR count). The van der Waals surface area contributed by atoms with Gasteiger partial charge >= 0.3 is 11.7 Å². The topological polar surface area (TPSA) is 65.6 Å². The number of hydrogen-bond acceptors (Lipinski definition) is 4. The quantitative estimate of drug-likeness (QED) is 0.642. The molecule has 2 aromatic heterocycles. The van der Waals surface area contributed by atoms with E-state index in [0.29, 0.717) is 5.65 Å². The maximum absolute atomic E-state index is 11.9. The Morgan fingerprint density at radius 2 is 2.19 bits per heavy atom. The van der Waals surface area contributed by atoms with Gasteiger partial charge in [-0.25, -0.2) is 19.0 Å². The Labute approximate surface area is 91.1 Å². The van der Waals surface area contributed by atoms with Crippen molar-refractivity contribution in [3.8, 4) is 0 Å². The molecule has 0 unspecified atom stereocenters. The van der Waals surface area contributed by atoms with Crippen LogP contribution in [0.25, 0.3) is 5.65 Å². The fourth-order valence-corrected chi connectivity index (χ4v) is 1.63. The van der Waals surface area contributed by atoms with Gasteiger partial charge in [-0.15, -0.1) is 0 Å². The number of hydrogen-bond donors (Lipinski definition) is 0. The third-order valence-electron chi connectivity index (χ3n) is 2.39. The summed E-state index contributed by atoms with van der Waals surface area (Å²) < 4.78 is 7.24. The third kappa shape index (κ3) is 1.30. The van der Waals surface area contributed by atoms with Crippen LogP contribution in [0.2, 0.25) is 0 Å². The lowest BCUT2D eigenvalue weighted by Crippen LogP contribution is -2.27. The molecule has 0 saturated heterocycles. The van der Waals surface area contributed by atoms with Gasteiger partial charge in [0, 0.05) is 18.8 Å². The molecule has 0 aliphatic heterocycles. The number of rotatable bonds is 1. The molecule has 0 aromatic carbocycles. The molecule has 0 bridgehead atoms. The number of aryl methyl sites for hydroxylation is 2. The summed E-state index contributed by atoms with van der Waals surface area (Å²) in [4.78, 5) is 27.3. The fraction of sp³-hybridized carbons (Fsp3) is 0.300. The largest absolute Gasteiger partial charge is 0.464 e. The summed E-state index contributed by atoms with van der Waals surface area (Å²) in [6, 6.07) is 0. The minimum absolute atomic E-state index is 0.141. The molecule has 6 nitrogen and oxygen atoms in total. The van der Waals surface area contributed by atoms with E-state index in [0.717, 1.165) is 5.56 Å². The highest BCUT2D eigenvalue weighted by molar-refractivity contribution is 5.88. The van der Waals surface area contributed by atoms with Crippen LogP contribution in [0.3, 0.4) is 0 Å². The molecule has 0 fully saturated rings. The first-order valence-corrected chi connectivity index (χ1v) is 4.68. The molecule has 16 heavy (non-hydrogen) atoms. The molecule has 0 aliphatic rings. The standard InChI is InChI=1S/C10H11N3O3/c1-6-5-12(2)10(15)13-7(9(14)16-3)4-11-8(6)13/h4-5H,1-3H3. The molecule has 0 aliphatic carbocycles. The SMILES string of the molecule is COC(=O)c1cnc2c(C)cn(C)c(=O)n12. The molecule has 2 aromatic rings. The van der Waals surface area contributed by atoms with Crippen LogP contribution in [-0.4, -0.2) is 27.0 Å². The zero-order chi connectivity index (χ0) is 11.9. The van der Waals surface area contributed by atoms with Gasteiger partial charge in [0.1, 0.15) is 5.65 Å². The summed E-state index contributed by atoms with van der Waals surface area (Å²) in [6.45, 7) is 1.82. The summed E-state index contributed by atoms with van der Waals surface area (Å²) in [5.41, 5.74) is 1.11. The normalized spacial score (nSPS) is 10.7. The Kier molecular flexibility index (Phi) is 2.26. The molecule has 0 N–H and O–H groups in total. The van der Waals surface area contributed by atoms with Crippen molar-refractivity contribution in [1.82, 2.24) is 14.0 Å². The monoisotopic (exact) mass is 221 g/mol. The van der Waals surface area contributed by atoms with Crippen LogP contribution < -0.4 is 5.69 Å². The second-order valence-electron chi connectivity index (χ2n) is 3.50. The van der Waals surface area contributed by atoms with Gasteiger partial charge in [0.25, 0.3) is 0 Å². The van der Waals surface area contributed by atoms with Crippen LogP contribution in [0.5, 0.6) is 0 Å². The first kappa shape index (κ1) is 10.4. The van der Waals surface area contributed by atoms with Crippen molar-refractivity contribution < 1.29 is 9.53 Å². The summed E-state index contributed by atoms with van der Waals surface area (Å²) in [5, 5.41) is 0. The van der Waals surface area contributed by atoms with E-state index in [2.05, 4.69) is 9.72 Å². The van der Waals surface area contributed by atoms with Crippen molar-refractivity contribution in [2.24, 2.45) is 7.05 Å². The molecule has 0 saturated carbocycles. The minimum Gasteiger partial charge on any atom is -0.464 e. The van der Waals surface area contributed by atoms with Crippen LogP contribution in [0, 0.1) is 6.92 Å². The molecule has 0 amide bonds. The van der Waals surface area contributed by atoms with Gasteiger partial charge in [0.05, 0.1) is 13.3 Å². The molecule has 0 spiro atoms. The van der Waals surface area contributed by atoms with Crippen molar-refractivity contribution in [1.29, 1.82) is 0 Å². The summed E-state index contributed by atoms with van der Waals surface area (Å²) in [6.07, 6.45) is 3.02. The van der Waals surface area contributed by atoms with Crippen molar-refractivity contribution >= 4 is 11.6 Å². The first-order chi connectivity index (χ1) is 7.56. The average molecular weight is 221 g/mol. The highest BCUT2D eigenvalue weighted by Gasteiger charge is 2.16. The van der Waals surface area contributed by atoms with Crippen molar-refractivity contribution in [2.45, 2.75) is 6.92 Å². The van der Waals surface area contributed by atoms with Gasteiger partial charge in [0.15, 0.2) is 5.69 Å².